The molecular weight excluding hydrogens is 174 g/mol. The van der Waals surface area contributed by atoms with Crippen molar-refractivity contribution in [3.05, 3.63) is 18.0 Å². The SMILES string of the molecule is CS(=O)CCn1cc(C#N)cn1. The molecule has 0 N–H and O–H groups in total. The van der Waals surface area contributed by atoms with Crippen LogP contribution in [0, 0.1) is 11.3 Å². The molecule has 0 aliphatic rings. The lowest BCUT2D eigenvalue weighted by atomic mass is 10.4. The van der Waals surface area contributed by atoms with Crippen LogP contribution in [0.25, 0.3) is 0 Å². The van der Waals surface area contributed by atoms with Crippen LogP contribution in [0.15, 0.2) is 12.4 Å². The summed E-state index contributed by atoms with van der Waals surface area (Å²) >= 11 is 0. The fourth-order valence-electron chi connectivity index (χ4n) is 0.766. The predicted octanol–water partition coefficient (Wildman–Crippen LogP) is 0.133. The summed E-state index contributed by atoms with van der Waals surface area (Å²) in [7, 11) is -0.802. The second-order valence-electron chi connectivity index (χ2n) is 2.38. The van der Waals surface area contributed by atoms with Crippen LogP contribution in [0.3, 0.4) is 0 Å². The fraction of sp³-hybridized carbons (Fsp3) is 0.429. The summed E-state index contributed by atoms with van der Waals surface area (Å²) in [5, 5.41) is 12.4. The number of hydrogen-bond acceptors (Lipinski definition) is 3. The molecule has 0 saturated heterocycles. The number of nitriles is 1. The van der Waals surface area contributed by atoms with E-state index in [1.54, 1.807) is 17.1 Å². The molecule has 0 aliphatic heterocycles. The molecule has 1 heterocycles. The zero-order valence-electron chi connectivity index (χ0n) is 6.73. The van der Waals surface area contributed by atoms with E-state index in [0.29, 0.717) is 17.9 Å². The molecule has 12 heavy (non-hydrogen) atoms. The topological polar surface area (TPSA) is 58.7 Å². The Hall–Kier alpha value is -1.15. The normalized spacial score (nSPS) is 12.3. The minimum atomic E-state index is -0.802. The van der Waals surface area contributed by atoms with Crippen molar-refractivity contribution in [3.63, 3.8) is 0 Å². The molecule has 0 fully saturated rings. The minimum absolute atomic E-state index is 0.539. The van der Waals surface area contributed by atoms with E-state index in [1.165, 1.54) is 6.20 Å². The van der Waals surface area contributed by atoms with Crippen LogP contribution in [-0.2, 0) is 17.3 Å². The van der Waals surface area contributed by atoms with Gasteiger partial charge in [-0.25, -0.2) is 0 Å². The molecule has 5 heteroatoms. The predicted molar refractivity (Wildman–Crippen MR) is 45.9 cm³/mol. The Morgan fingerprint density at radius 2 is 2.58 bits per heavy atom. The lowest BCUT2D eigenvalue weighted by Gasteiger charge is -1.96. The summed E-state index contributed by atoms with van der Waals surface area (Å²) in [5.74, 6) is 0.576. The average Bonchev–Trinajstić information content (AvgIpc) is 2.48. The maximum Gasteiger partial charge on any atom is 0.102 e. The zero-order chi connectivity index (χ0) is 8.97. The Kier molecular flexibility index (Phi) is 3.00. The summed E-state index contributed by atoms with van der Waals surface area (Å²) in [6.45, 7) is 0.602. The molecule has 0 aliphatic carbocycles. The largest absolute Gasteiger partial charge is 0.270 e. The van der Waals surface area contributed by atoms with Crippen LogP contribution in [0.1, 0.15) is 5.56 Å². The number of rotatable bonds is 3. The van der Waals surface area contributed by atoms with Crippen LogP contribution in [-0.4, -0.2) is 26.0 Å². The van der Waals surface area contributed by atoms with E-state index >= 15 is 0 Å². The first-order valence-corrected chi connectivity index (χ1v) is 5.17. The summed E-state index contributed by atoms with van der Waals surface area (Å²) in [4.78, 5) is 0. The first-order valence-electron chi connectivity index (χ1n) is 3.45. The molecule has 0 amide bonds. The van der Waals surface area contributed by atoms with Gasteiger partial charge in [-0.05, 0) is 0 Å². The van der Waals surface area contributed by atoms with Crippen molar-refractivity contribution >= 4 is 10.8 Å². The minimum Gasteiger partial charge on any atom is -0.270 e. The monoisotopic (exact) mass is 183 g/mol. The van der Waals surface area contributed by atoms with Crippen LogP contribution < -0.4 is 0 Å². The highest BCUT2D eigenvalue weighted by Crippen LogP contribution is 1.94. The molecule has 4 nitrogen and oxygen atoms in total. The standard InChI is InChI=1S/C7H9N3OS/c1-12(11)3-2-10-6-7(4-8)5-9-10/h5-6H,2-3H2,1H3. The van der Waals surface area contributed by atoms with E-state index in [9.17, 15) is 4.21 Å². The maximum atomic E-state index is 10.7. The summed E-state index contributed by atoms with van der Waals surface area (Å²) in [5.41, 5.74) is 0.539. The number of hydrogen-bond donors (Lipinski definition) is 0. The molecule has 1 atom stereocenters. The van der Waals surface area contributed by atoms with Gasteiger partial charge >= 0.3 is 0 Å². The van der Waals surface area contributed by atoms with Gasteiger partial charge in [0.25, 0.3) is 0 Å². The van der Waals surface area contributed by atoms with Gasteiger partial charge in [0.05, 0.1) is 18.3 Å². The maximum absolute atomic E-state index is 10.7. The molecule has 1 unspecified atom stereocenters. The quantitative estimate of drug-likeness (QED) is 0.669. The Labute approximate surface area is 73.3 Å². The molecule has 0 bridgehead atoms. The molecule has 1 aromatic rings. The van der Waals surface area contributed by atoms with Crippen molar-refractivity contribution in [3.8, 4) is 6.07 Å². The van der Waals surface area contributed by atoms with Gasteiger partial charge < -0.3 is 0 Å². The van der Waals surface area contributed by atoms with E-state index in [1.807, 2.05) is 6.07 Å². The van der Waals surface area contributed by atoms with E-state index in [0.717, 1.165) is 0 Å². The smallest absolute Gasteiger partial charge is 0.102 e. The second-order valence-corrected chi connectivity index (χ2v) is 3.94. The van der Waals surface area contributed by atoms with Gasteiger partial charge in [-0.1, -0.05) is 0 Å². The van der Waals surface area contributed by atoms with Crippen LogP contribution in [0.5, 0.6) is 0 Å². The van der Waals surface area contributed by atoms with Gasteiger partial charge in [-0.2, -0.15) is 10.4 Å². The van der Waals surface area contributed by atoms with Gasteiger partial charge in [0.1, 0.15) is 6.07 Å². The average molecular weight is 183 g/mol. The van der Waals surface area contributed by atoms with Crippen molar-refractivity contribution in [2.75, 3.05) is 12.0 Å². The second kappa shape index (κ2) is 4.02. The highest BCUT2D eigenvalue weighted by Gasteiger charge is 1.97. The van der Waals surface area contributed by atoms with Crippen molar-refractivity contribution in [2.24, 2.45) is 0 Å². The zero-order valence-corrected chi connectivity index (χ0v) is 7.54. The molecule has 0 saturated carbocycles. The summed E-state index contributed by atoms with van der Waals surface area (Å²) in [6.07, 6.45) is 4.79. The molecule has 1 aromatic heterocycles. The molecule has 0 aromatic carbocycles. The number of aromatic nitrogens is 2. The summed E-state index contributed by atoms with van der Waals surface area (Å²) < 4.78 is 12.3. The van der Waals surface area contributed by atoms with Crippen LogP contribution >= 0.6 is 0 Å². The van der Waals surface area contributed by atoms with Gasteiger partial charge in [0, 0.05) is 29.0 Å². The molecular formula is C7H9N3OS. The van der Waals surface area contributed by atoms with E-state index in [4.69, 9.17) is 5.26 Å². The number of nitrogens with zero attached hydrogens (tertiary/aromatic N) is 3. The van der Waals surface area contributed by atoms with Gasteiger partial charge in [-0.3, -0.25) is 8.89 Å². The molecule has 0 spiro atoms. The van der Waals surface area contributed by atoms with E-state index < -0.39 is 10.8 Å². The van der Waals surface area contributed by atoms with Crippen LogP contribution in [0.4, 0.5) is 0 Å². The highest BCUT2D eigenvalue weighted by atomic mass is 32.2. The van der Waals surface area contributed by atoms with E-state index in [2.05, 4.69) is 5.10 Å². The first-order chi connectivity index (χ1) is 5.72. The Bertz CT molecular complexity index is 326. The third kappa shape index (κ3) is 2.47. The van der Waals surface area contributed by atoms with Gasteiger partial charge in [0.2, 0.25) is 0 Å². The third-order valence-corrected chi connectivity index (χ3v) is 2.13. The Morgan fingerprint density at radius 3 is 3.08 bits per heavy atom. The Morgan fingerprint density at radius 1 is 1.83 bits per heavy atom. The molecule has 1 rings (SSSR count). The number of aryl methyl sites for hydroxylation is 1. The lowest BCUT2D eigenvalue weighted by molar-refractivity contribution is 0.646. The van der Waals surface area contributed by atoms with Gasteiger partial charge in [0.15, 0.2) is 0 Å². The van der Waals surface area contributed by atoms with Crippen molar-refractivity contribution in [1.29, 1.82) is 5.26 Å². The third-order valence-electron chi connectivity index (χ3n) is 1.37. The Balaban J connectivity index is 2.54. The summed E-state index contributed by atoms with van der Waals surface area (Å²) in [6, 6.07) is 1.98. The lowest BCUT2D eigenvalue weighted by Crippen LogP contribution is -2.06. The van der Waals surface area contributed by atoms with Crippen molar-refractivity contribution in [1.82, 2.24) is 9.78 Å². The highest BCUT2D eigenvalue weighted by molar-refractivity contribution is 7.84. The van der Waals surface area contributed by atoms with Crippen LogP contribution in [0.2, 0.25) is 0 Å². The van der Waals surface area contributed by atoms with E-state index in [-0.39, 0.29) is 0 Å². The molecule has 64 valence electrons. The first kappa shape index (κ1) is 8.94. The fourth-order valence-corrected chi connectivity index (χ4v) is 1.21. The van der Waals surface area contributed by atoms with Crippen molar-refractivity contribution < 1.29 is 4.21 Å². The van der Waals surface area contributed by atoms with Gasteiger partial charge in [-0.15, -0.1) is 0 Å². The van der Waals surface area contributed by atoms with Crippen molar-refractivity contribution in [2.45, 2.75) is 6.54 Å². The molecule has 0 radical (unpaired) electrons.